The summed E-state index contributed by atoms with van der Waals surface area (Å²) in [5, 5.41) is 2.42. The van der Waals surface area contributed by atoms with Gasteiger partial charge in [0.2, 0.25) is 0 Å². The van der Waals surface area contributed by atoms with Gasteiger partial charge in [-0.15, -0.1) is 0 Å². The van der Waals surface area contributed by atoms with E-state index in [-0.39, 0.29) is 11.3 Å². The van der Waals surface area contributed by atoms with Gasteiger partial charge in [-0.2, -0.15) is 0 Å². The number of amides is 2. The zero-order chi connectivity index (χ0) is 12.9. The third-order valence-corrected chi connectivity index (χ3v) is 4.60. The van der Waals surface area contributed by atoms with Crippen molar-refractivity contribution in [2.45, 2.75) is 18.1 Å². The van der Waals surface area contributed by atoms with Gasteiger partial charge >= 0.3 is 6.03 Å². The first-order valence-electron chi connectivity index (χ1n) is 5.65. The molecule has 0 aromatic heterocycles. The molecule has 0 spiro atoms. The Morgan fingerprint density at radius 2 is 2.00 bits per heavy atom. The van der Waals surface area contributed by atoms with Crippen LogP contribution in [0.2, 0.25) is 0 Å². The summed E-state index contributed by atoms with van der Waals surface area (Å²) in [5.74, 6) is 0. The zero-order valence-corrected chi connectivity index (χ0v) is 11.1. The highest BCUT2D eigenvalue weighted by Crippen LogP contribution is 2.16. The van der Waals surface area contributed by atoms with E-state index in [0.29, 0.717) is 39.1 Å². The van der Waals surface area contributed by atoms with E-state index in [2.05, 4.69) is 5.32 Å². The second-order valence-corrected chi connectivity index (χ2v) is 6.57. The SMILES string of the molecule is COCCNC(=O)N1CCC(S(C)(=O)=O)CC1. The smallest absolute Gasteiger partial charge is 0.317 e. The second kappa shape index (κ2) is 6.20. The summed E-state index contributed by atoms with van der Waals surface area (Å²) in [7, 11) is -1.40. The lowest BCUT2D eigenvalue weighted by Gasteiger charge is -2.31. The number of carbonyl (C=O) groups is 1. The lowest BCUT2D eigenvalue weighted by atomic mass is 10.1. The van der Waals surface area contributed by atoms with Crippen molar-refractivity contribution in [3.05, 3.63) is 0 Å². The Hall–Kier alpha value is -0.820. The number of sulfone groups is 1. The molecule has 0 radical (unpaired) electrons. The third-order valence-electron chi connectivity index (χ3n) is 2.92. The van der Waals surface area contributed by atoms with Crippen LogP contribution in [-0.2, 0) is 14.6 Å². The predicted octanol–water partition coefficient (Wildman–Crippen LogP) is -0.149. The number of nitrogens with one attached hydrogen (secondary N) is 1. The van der Waals surface area contributed by atoms with Gasteiger partial charge in [0.25, 0.3) is 0 Å². The molecule has 6 nitrogen and oxygen atoms in total. The Labute approximate surface area is 102 Å². The molecule has 7 heteroatoms. The molecule has 100 valence electrons. The fraction of sp³-hybridized carbons (Fsp3) is 0.900. The maximum Gasteiger partial charge on any atom is 0.317 e. The lowest BCUT2D eigenvalue weighted by molar-refractivity contribution is 0.173. The molecule has 1 aliphatic heterocycles. The van der Waals surface area contributed by atoms with Crippen LogP contribution in [0.25, 0.3) is 0 Å². The summed E-state index contributed by atoms with van der Waals surface area (Å²) in [5.41, 5.74) is 0. The highest BCUT2D eigenvalue weighted by Gasteiger charge is 2.28. The van der Waals surface area contributed by atoms with Crippen molar-refractivity contribution < 1.29 is 17.9 Å². The fourth-order valence-corrected chi connectivity index (χ4v) is 2.93. The monoisotopic (exact) mass is 264 g/mol. The van der Waals surface area contributed by atoms with Gasteiger partial charge in [-0.3, -0.25) is 0 Å². The fourth-order valence-electron chi connectivity index (χ4n) is 1.86. The van der Waals surface area contributed by atoms with Crippen molar-refractivity contribution in [3.8, 4) is 0 Å². The van der Waals surface area contributed by atoms with E-state index in [1.54, 1.807) is 12.0 Å². The summed E-state index contributed by atoms with van der Waals surface area (Å²) in [6, 6.07) is -0.144. The van der Waals surface area contributed by atoms with Gasteiger partial charge in [-0.25, -0.2) is 13.2 Å². The molecule has 1 heterocycles. The third kappa shape index (κ3) is 4.51. The molecule has 1 aliphatic rings. The van der Waals surface area contributed by atoms with Gasteiger partial charge in [0, 0.05) is 33.0 Å². The number of hydrogen-bond acceptors (Lipinski definition) is 4. The first kappa shape index (κ1) is 14.2. The molecule has 17 heavy (non-hydrogen) atoms. The Bertz CT molecular complexity index is 347. The van der Waals surface area contributed by atoms with E-state index in [1.165, 1.54) is 6.26 Å². The predicted molar refractivity (Wildman–Crippen MR) is 64.7 cm³/mol. The Morgan fingerprint density at radius 3 is 2.47 bits per heavy atom. The number of nitrogens with zero attached hydrogens (tertiary/aromatic N) is 1. The normalized spacial score (nSPS) is 18.1. The number of methoxy groups -OCH3 is 1. The van der Waals surface area contributed by atoms with Crippen LogP contribution in [0.15, 0.2) is 0 Å². The number of rotatable bonds is 4. The van der Waals surface area contributed by atoms with Crippen LogP contribution in [0.5, 0.6) is 0 Å². The zero-order valence-electron chi connectivity index (χ0n) is 10.3. The number of piperidine rings is 1. The maximum absolute atomic E-state index is 11.6. The van der Waals surface area contributed by atoms with Crippen molar-refractivity contribution in [3.63, 3.8) is 0 Å². The van der Waals surface area contributed by atoms with Crippen LogP contribution in [-0.4, -0.2) is 64.2 Å². The molecule has 0 bridgehead atoms. The molecule has 1 saturated heterocycles. The van der Waals surface area contributed by atoms with Crippen LogP contribution >= 0.6 is 0 Å². The summed E-state index contributed by atoms with van der Waals surface area (Å²) in [6.45, 7) is 1.94. The van der Waals surface area contributed by atoms with Gasteiger partial charge in [-0.05, 0) is 12.8 Å². The summed E-state index contributed by atoms with van der Waals surface area (Å²) in [4.78, 5) is 13.3. The molecule has 0 aliphatic carbocycles. The van der Waals surface area contributed by atoms with Crippen molar-refractivity contribution in [2.24, 2.45) is 0 Å². The van der Waals surface area contributed by atoms with Crippen molar-refractivity contribution in [1.82, 2.24) is 10.2 Å². The van der Waals surface area contributed by atoms with Crippen molar-refractivity contribution in [2.75, 3.05) is 39.6 Å². The molecule has 1 fully saturated rings. The van der Waals surface area contributed by atoms with Gasteiger partial charge in [0.1, 0.15) is 9.84 Å². The molecule has 0 aromatic carbocycles. The van der Waals surface area contributed by atoms with Gasteiger partial charge in [0.15, 0.2) is 0 Å². The van der Waals surface area contributed by atoms with E-state index in [4.69, 9.17) is 4.74 Å². The molecule has 0 unspecified atom stereocenters. The largest absolute Gasteiger partial charge is 0.383 e. The maximum atomic E-state index is 11.6. The molecule has 0 saturated carbocycles. The lowest BCUT2D eigenvalue weighted by Crippen LogP contribution is -2.47. The van der Waals surface area contributed by atoms with Gasteiger partial charge in [-0.1, -0.05) is 0 Å². The van der Waals surface area contributed by atoms with E-state index in [1.807, 2.05) is 0 Å². The molecule has 1 rings (SSSR count). The Morgan fingerprint density at radius 1 is 1.41 bits per heavy atom. The molecular formula is C10H20N2O4S. The molecule has 2 amide bonds. The molecule has 0 atom stereocenters. The summed E-state index contributed by atoms with van der Waals surface area (Å²) < 4.78 is 27.5. The van der Waals surface area contributed by atoms with Gasteiger partial charge in [0.05, 0.1) is 11.9 Å². The molecule has 1 N–H and O–H groups in total. The number of urea groups is 1. The number of hydrogen-bond donors (Lipinski definition) is 1. The number of likely N-dealkylation sites (tertiary alicyclic amines) is 1. The average molecular weight is 264 g/mol. The van der Waals surface area contributed by atoms with Crippen LogP contribution in [0.4, 0.5) is 4.79 Å². The minimum atomic E-state index is -2.97. The van der Waals surface area contributed by atoms with E-state index < -0.39 is 9.84 Å². The van der Waals surface area contributed by atoms with E-state index >= 15 is 0 Å². The minimum absolute atomic E-state index is 0.144. The van der Waals surface area contributed by atoms with Crippen LogP contribution in [0.1, 0.15) is 12.8 Å². The van der Waals surface area contributed by atoms with Crippen molar-refractivity contribution >= 4 is 15.9 Å². The highest BCUT2D eigenvalue weighted by molar-refractivity contribution is 7.91. The van der Waals surface area contributed by atoms with Crippen LogP contribution in [0, 0.1) is 0 Å². The van der Waals surface area contributed by atoms with Crippen LogP contribution < -0.4 is 5.32 Å². The van der Waals surface area contributed by atoms with Crippen LogP contribution in [0.3, 0.4) is 0 Å². The topological polar surface area (TPSA) is 75.7 Å². The van der Waals surface area contributed by atoms with Gasteiger partial charge < -0.3 is 15.0 Å². The first-order valence-corrected chi connectivity index (χ1v) is 7.61. The standard InChI is InChI=1S/C10H20N2O4S/c1-16-8-5-11-10(13)12-6-3-9(4-7-12)17(2,14)15/h9H,3-8H2,1-2H3,(H,11,13). The number of ether oxygens (including phenoxy) is 1. The number of carbonyl (C=O) groups excluding carboxylic acids is 1. The quantitative estimate of drug-likeness (QED) is 0.717. The average Bonchev–Trinajstić information content (AvgIpc) is 2.28. The highest BCUT2D eigenvalue weighted by atomic mass is 32.2. The summed E-state index contributed by atoms with van der Waals surface area (Å²) in [6.07, 6.45) is 2.30. The van der Waals surface area contributed by atoms with Crippen molar-refractivity contribution in [1.29, 1.82) is 0 Å². The Balaban J connectivity index is 2.34. The Kier molecular flexibility index (Phi) is 5.20. The first-order chi connectivity index (χ1) is 7.95. The summed E-state index contributed by atoms with van der Waals surface area (Å²) >= 11 is 0. The molecular weight excluding hydrogens is 244 g/mol. The molecule has 0 aromatic rings. The second-order valence-electron chi connectivity index (χ2n) is 4.24. The minimum Gasteiger partial charge on any atom is -0.383 e. The van der Waals surface area contributed by atoms with E-state index in [0.717, 1.165) is 0 Å². The van der Waals surface area contributed by atoms with E-state index in [9.17, 15) is 13.2 Å².